The van der Waals surface area contributed by atoms with Crippen LogP contribution in [0, 0.1) is 0 Å². The van der Waals surface area contributed by atoms with Crippen LogP contribution in [0.25, 0.3) is 0 Å². The van der Waals surface area contributed by atoms with Gasteiger partial charge >= 0.3 is 0 Å². The highest BCUT2D eigenvalue weighted by atomic mass is 79.9. The Morgan fingerprint density at radius 2 is 2.22 bits per heavy atom. The lowest BCUT2D eigenvalue weighted by molar-refractivity contribution is 0.227. The summed E-state index contributed by atoms with van der Waals surface area (Å²) in [5, 5.41) is 3.50. The van der Waals surface area contributed by atoms with Crippen LogP contribution in [0.15, 0.2) is 22.7 Å². The minimum atomic E-state index is 0.306. The average Bonchev–Trinajstić information content (AvgIpc) is 2.75. The lowest BCUT2D eigenvalue weighted by Crippen LogP contribution is -2.30. The molecule has 0 saturated heterocycles. The van der Waals surface area contributed by atoms with Gasteiger partial charge in [0.05, 0.1) is 0 Å². The molecule has 1 unspecified atom stereocenters. The summed E-state index contributed by atoms with van der Waals surface area (Å²) in [4.78, 5) is 0. The number of hydrogen-bond donors (Lipinski definition) is 1. The number of unbranched alkanes of at least 4 members (excludes halogenated alkanes) is 3. The number of hydrogen-bond acceptors (Lipinski definition) is 2. The first kappa shape index (κ1) is 13.9. The highest BCUT2D eigenvalue weighted by Gasteiger charge is 2.22. The van der Waals surface area contributed by atoms with Gasteiger partial charge in [0.15, 0.2) is 0 Å². The van der Waals surface area contributed by atoms with Crippen molar-refractivity contribution < 1.29 is 4.74 Å². The second kappa shape index (κ2) is 7.15. The van der Waals surface area contributed by atoms with Gasteiger partial charge in [0.25, 0.3) is 0 Å². The molecule has 100 valence electrons. The molecule has 0 saturated carbocycles. The maximum Gasteiger partial charge on any atom is 0.123 e. The molecule has 0 spiro atoms. The van der Waals surface area contributed by atoms with E-state index in [0.717, 1.165) is 29.7 Å². The first-order chi connectivity index (χ1) is 8.79. The number of rotatable bonds is 7. The SMILES string of the molecule is CCCCCCNCC1Cc2cc(Br)ccc2O1. The van der Waals surface area contributed by atoms with Crippen molar-refractivity contribution in [3.63, 3.8) is 0 Å². The standard InChI is InChI=1S/C15H22BrNO/c1-2-3-4-5-8-17-11-14-10-12-9-13(16)6-7-15(12)18-14/h6-7,9,14,17H,2-5,8,10-11H2,1H3. The molecule has 0 radical (unpaired) electrons. The van der Waals surface area contributed by atoms with Crippen molar-refractivity contribution in [2.45, 2.75) is 45.1 Å². The quantitative estimate of drug-likeness (QED) is 0.771. The molecule has 0 fully saturated rings. The third-order valence-electron chi connectivity index (χ3n) is 3.34. The van der Waals surface area contributed by atoms with Gasteiger partial charge in [-0.3, -0.25) is 0 Å². The number of ether oxygens (including phenoxy) is 1. The van der Waals surface area contributed by atoms with Gasteiger partial charge in [0.1, 0.15) is 11.9 Å². The van der Waals surface area contributed by atoms with E-state index >= 15 is 0 Å². The normalized spacial score (nSPS) is 17.6. The van der Waals surface area contributed by atoms with Crippen LogP contribution in [0.1, 0.15) is 38.2 Å². The van der Waals surface area contributed by atoms with Crippen LogP contribution < -0.4 is 10.1 Å². The van der Waals surface area contributed by atoms with Gasteiger partial charge in [0, 0.05) is 17.4 Å². The summed E-state index contributed by atoms with van der Waals surface area (Å²) in [6.45, 7) is 4.31. The molecule has 1 aliphatic rings. The third kappa shape index (κ3) is 3.99. The van der Waals surface area contributed by atoms with E-state index in [1.807, 2.05) is 6.07 Å². The van der Waals surface area contributed by atoms with Crippen molar-refractivity contribution in [1.29, 1.82) is 0 Å². The van der Waals surface area contributed by atoms with Crippen molar-refractivity contribution in [3.05, 3.63) is 28.2 Å². The first-order valence-corrected chi connectivity index (χ1v) is 7.74. The van der Waals surface area contributed by atoms with E-state index in [0.29, 0.717) is 6.10 Å². The molecule has 1 aliphatic heterocycles. The zero-order chi connectivity index (χ0) is 12.8. The Hall–Kier alpha value is -0.540. The Bertz CT molecular complexity index is 381. The predicted octanol–water partition coefficient (Wildman–Crippen LogP) is 3.92. The first-order valence-electron chi connectivity index (χ1n) is 6.95. The molecule has 1 heterocycles. The van der Waals surface area contributed by atoms with Crippen LogP contribution in [-0.2, 0) is 6.42 Å². The van der Waals surface area contributed by atoms with Crippen LogP contribution in [0.4, 0.5) is 0 Å². The van der Waals surface area contributed by atoms with E-state index in [1.165, 1.54) is 31.2 Å². The Morgan fingerprint density at radius 1 is 1.33 bits per heavy atom. The Labute approximate surface area is 118 Å². The average molecular weight is 312 g/mol. The minimum absolute atomic E-state index is 0.306. The second-order valence-electron chi connectivity index (χ2n) is 4.96. The molecule has 0 aromatic heterocycles. The van der Waals surface area contributed by atoms with Crippen molar-refractivity contribution in [3.8, 4) is 5.75 Å². The fraction of sp³-hybridized carbons (Fsp3) is 0.600. The summed E-state index contributed by atoms with van der Waals surface area (Å²) in [6, 6.07) is 6.26. The maximum absolute atomic E-state index is 5.91. The molecule has 18 heavy (non-hydrogen) atoms. The van der Waals surface area contributed by atoms with E-state index in [-0.39, 0.29) is 0 Å². The molecule has 0 bridgehead atoms. The lowest BCUT2D eigenvalue weighted by atomic mass is 10.1. The topological polar surface area (TPSA) is 21.3 Å². The summed E-state index contributed by atoms with van der Waals surface area (Å²) in [7, 11) is 0. The van der Waals surface area contributed by atoms with Crippen LogP contribution in [-0.4, -0.2) is 19.2 Å². The molecule has 1 atom stereocenters. The summed E-state index contributed by atoms with van der Waals surface area (Å²) >= 11 is 3.50. The van der Waals surface area contributed by atoms with E-state index < -0.39 is 0 Å². The molecule has 1 aromatic carbocycles. The monoisotopic (exact) mass is 311 g/mol. The predicted molar refractivity (Wildman–Crippen MR) is 79.3 cm³/mol. The third-order valence-corrected chi connectivity index (χ3v) is 3.84. The number of halogens is 1. The second-order valence-corrected chi connectivity index (χ2v) is 5.88. The Morgan fingerprint density at radius 3 is 3.06 bits per heavy atom. The molecule has 1 aromatic rings. The zero-order valence-electron chi connectivity index (χ0n) is 11.0. The van der Waals surface area contributed by atoms with Crippen molar-refractivity contribution in [2.75, 3.05) is 13.1 Å². The molecule has 0 amide bonds. The molecular weight excluding hydrogens is 290 g/mol. The van der Waals surface area contributed by atoms with Gasteiger partial charge in [0.2, 0.25) is 0 Å². The fourth-order valence-electron chi connectivity index (χ4n) is 2.34. The van der Waals surface area contributed by atoms with Crippen LogP contribution >= 0.6 is 15.9 Å². The summed E-state index contributed by atoms with van der Waals surface area (Å²) in [5.41, 5.74) is 1.32. The number of benzene rings is 1. The molecule has 2 rings (SSSR count). The van der Waals surface area contributed by atoms with E-state index in [4.69, 9.17) is 4.74 Å². The van der Waals surface area contributed by atoms with Gasteiger partial charge in [-0.25, -0.2) is 0 Å². The summed E-state index contributed by atoms with van der Waals surface area (Å²) in [6.07, 6.45) is 6.59. The van der Waals surface area contributed by atoms with E-state index in [1.54, 1.807) is 0 Å². The van der Waals surface area contributed by atoms with Crippen molar-refractivity contribution in [1.82, 2.24) is 5.32 Å². The molecule has 3 heteroatoms. The van der Waals surface area contributed by atoms with Gasteiger partial charge in [-0.05, 0) is 36.7 Å². The smallest absolute Gasteiger partial charge is 0.123 e. The van der Waals surface area contributed by atoms with Crippen LogP contribution in [0.2, 0.25) is 0 Å². The summed E-state index contributed by atoms with van der Waals surface area (Å²) < 4.78 is 7.04. The molecule has 0 aliphatic carbocycles. The number of nitrogens with one attached hydrogen (secondary N) is 1. The van der Waals surface area contributed by atoms with Crippen molar-refractivity contribution >= 4 is 15.9 Å². The Balaban J connectivity index is 1.65. The van der Waals surface area contributed by atoms with Gasteiger partial charge in [-0.1, -0.05) is 42.1 Å². The zero-order valence-corrected chi connectivity index (χ0v) is 12.6. The molecule has 2 nitrogen and oxygen atoms in total. The number of fused-ring (bicyclic) bond motifs is 1. The summed E-state index contributed by atoms with van der Waals surface area (Å²) in [5.74, 6) is 1.05. The van der Waals surface area contributed by atoms with E-state index in [9.17, 15) is 0 Å². The van der Waals surface area contributed by atoms with Crippen LogP contribution in [0.5, 0.6) is 5.75 Å². The van der Waals surface area contributed by atoms with Crippen molar-refractivity contribution in [2.24, 2.45) is 0 Å². The van der Waals surface area contributed by atoms with Gasteiger partial charge in [-0.15, -0.1) is 0 Å². The van der Waals surface area contributed by atoms with E-state index in [2.05, 4.69) is 40.3 Å². The highest BCUT2D eigenvalue weighted by molar-refractivity contribution is 9.10. The minimum Gasteiger partial charge on any atom is -0.488 e. The van der Waals surface area contributed by atoms with Crippen LogP contribution in [0.3, 0.4) is 0 Å². The maximum atomic E-state index is 5.91. The fourth-order valence-corrected chi connectivity index (χ4v) is 2.75. The lowest BCUT2D eigenvalue weighted by Gasteiger charge is -2.11. The van der Waals surface area contributed by atoms with Gasteiger partial charge in [-0.2, -0.15) is 0 Å². The highest BCUT2D eigenvalue weighted by Crippen LogP contribution is 2.30. The molecule has 1 N–H and O–H groups in total. The molecular formula is C15H22BrNO. The Kier molecular flexibility index (Phi) is 5.51. The largest absolute Gasteiger partial charge is 0.488 e. The van der Waals surface area contributed by atoms with Gasteiger partial charge < -0.3 is 10.1 Å².